The summed E-state index contributed by atoms with van der Waals surface area (Å²) in [5, 5.41) is 9.12. The zero-order valence-corrected chi connectivity index (χ0v) is 13.0. The third-order valence-corrected chi connectivity index (χ3v) is 3.68. The number of carboxylic acid groups (broad SMARTS) is 1. The lowest BCUT2D eigenvalue weighted by Gasteiger charge is -2.30. The van der Waals surface area contributed by atoms with Crippen molar-refractivity contribution >= 4 is 11.8 Å². The number of allylic oxidation sites excluding steroid dienone is 2. The molecule has 0 fully saturated rings. The third-order valence-electron chi connectivity index (χ3n) is 3.68. The number of carboxylic acids is 1. The average molecular weight is 294 g/mol. The number of rotatable bonds is 11. The molecule has 1 aliphatic rings. The van der Waals surface area contributed by atoms with Gasteiger partial charge >= 0.3 is 5.97 Å². The Bertz CT molecular complexity index is 416. The maximum atomic E-state index is 11.1. The van der Waals surface area contributed by atoms with Crippen molar-refractivity contribution in [2.75, 3.05) is 19.6 Å². The van der Waals surface area contributed by atoms with E-state index in [9.17, 15) is 4.79 Å². The minimum absolute atomic E-state index is 0.0307. The largest absolute Gasteiger partial charge is 0.477 e. The summed E-state index contributed by atoms with van der Waals surface area (Å²) in [6, 6.07) is 0. The van der Waals surface area contributed by atoms with E-state index in [4.69, 9.17) is 10.8 Å². The summed E-state index contributed by atoms with van der Waals surface area (Å²) in [5.74, 6) is 0.116. The van der Waals surface area contributed by atoms with Gasteiger partial charge in [0.1, 0.15) is 12.7 Å². The van der Waals surface area contributed by atoms with Gasteiger partial charge < -0.3 is 10.8 Å². The Hall–Kier alpha value is -1.46. The number of unbranched alkanes of at least 4 members (excludes halogenated alkanes) is 3. The summed E-state index contributed by atoms with van der Waals surface area (Å²) in [5.41, 5.74) is 5.65. The number of hydrogen-bond acceptors (Lipinski definition) is 3. The topological polar surface area (TPSA) is 75.7 Å². The summed E-state index contributed by atoms with van der Waals surface area (Å²) < 4.78 is 0.289. The van der Waals surface area contributed by atoms with Crippen LogP contribution < -0.4 is 5.73 Å². The lowest BCUT2D eigenvalue weighted by atomic mass is 10.1. The number of aliphatic carboxylic acids is 1. The molecule has 0 spiro atoms. The molecule has 21 heavy (non-hydrogen) atoms. The van der Waals surface area contributed by atoms with Crippen molar-refractivity contribution in [2.24, 2.45) is 10.7 Å². The number of quaternary nitrogens is 1. The Labute approximate surface area is 127 Å². The second-order valence-electron chi connectivity index (χ2n) is 5.45. The summed E-state index contributed by atoms with van der Waals surface area (Å²) in [4.78, 5) is 15.5. The first-order chi connectivity index (χ1) is 10.1. The van der Waals surface area contributed by atoms with E-state index in [2.05, 4.69) is 24.1 Å². The minimum Gasteiger partial charge on any atom is -0.477 e. The second-order valence-corrected chi connectivity index (χ2v) is 5.45. The minimum atomic E-state index is -0.815. The van der Waals surface area contributed by atoms with Gasteiger partial charge in [0.2, 0.25) is 5.84 Å². The maximum absolute atomic E-state index is 11.1. The van der Waals surface area contributed by atoms with Crippen LogP contribution in [0.2, 0.25) is 0 Å². The highest BCUT2D eigenvalue weighted by molar-refractivity contribution is 5.81. The maximum Gasteiger partial charge on any atom is 0.360 e. The zero-order chi connectivity index (χ0) is 15.6. The van der Waals surface area contributed by atoms with E-state index < -0.39 is 5.97 Å². The van der Waals surface area contributed by atoms with Crippen molar-refractivity contribution in [1.29, 1.82) is 0 Å². The molecule has 0 amide bonds. The first-order valence-electron chi connectivity index (χ1n) is 7.83. The molecule has 0 aromatic rings. The van der Waals surface area contributed by atoms with Gasteiger partial charge in [0.25, 0.3) is 0 Å². The molecule has 3 N–H and O–H groups in total. The molecule has 118 valence electrons. The number of carbonyl (C=O) groups is 1. The highest BCUT2D eigenvalue weighted by Crippen LogP contribution is 2.20. The van der Waals surface area contributed by atoms with E-state index in [0.717, 1.165) is 37.9 Å². The van der Waals surface area contributed by atoms with Crippen LogP contribution in [0.4, 0.5) is 0 Å². The highest BCUT2D eigenvalue weighted by atomic mass is 16.4. The van der Waals surface area contributed by atoms with Gasteiger partial charge in [-0.3, -0.25) is 0 Å². The smallest absolute Gasteiger partial charge is 0.360 e. The predicted molar refractivity (Wildman–Crippen MR) is 85.8 cm³/mol. The van der Waals surface area contributed by atoms with Crippen LogP contribution >= 0.6 is 0 Å². The quantitative estimate of drug-likeness (QED) is 0.349. The Kier molecular flexibility index (Phi) is 7.93. The molecular formula is C16H28N3O2+. The molecule has 0 aromatic carbocycles. The van der Waals surface area contributed by atoms with Crippen molar-refractivity contribution in [3.8, 4) is 0 Å². The Morgan fingerprint density at radius 2 is 2.14 bits per heavy atom. The fourth-order valence-electron chi connectivity index (χ4n) is 2.58. The fraction of sp³-hybridized carbons (Fsp3) is 0.625. The molecule has 1 unspecified atom stereocenters. The molecule has 0 aliphatic carbocycles. The molecule has 0 saturated heterocycles. The molecule has 0 aromatic heterocycles. The Morgan fingerprint density at radius 1 is 1.38 bits per heavy atom. The molecule has 0 saturated carbocycles. The van der Waals surface area contributed by atoms with Crippen molar-refractivity contribution < 1.29 is 14.4 Å². The monoisotopic (exact) mass is 294 g/mol. The van der Waals surface area contributed by atoms with Gasteiger partial charge in [-0.15, -0.1) is 0 Å². The van der Waals surface area contributed by atoms with Crippen LogP contribution in [0.15, 0.2) is 29.5 Å². The highest BCUT2D eigenvalue weighted by Gasteiger charge is 2.36. The van der Waals surface area contributed by atoms with Crippen molar-refractivity contribution in [2.45, 2.75) is 45.4 Å². The number of amidine groups is 1. The van der Waals surface area contributed by atoms with Crippen LogP contribution in [0, 0.1) is 0 Å². The fourth-order valence-corrected chi connectivity index (χ4v) is 2.58. The van der Waals surface area contributed by atoms with Crippen molar-refractivity contribution in [3.05, 3.63) is 24.6 Å². The average Bonchev–Trinajstić information content (AvgIpc) is 2.80. The SMILES string of the molecule is CCC/C=C/CCCCC1=NC=C[N+]1(CCN)CC(=O)O. The van der Waals surface area contributed by atoms with Gasteiger partial charge in [0, 0.05) is 13.0 Å². The molecule has 0 bridgehead atoms. The molecule has 5 heteroatoms. The van der Waals surface area contributed by atoms with Gasteiger partial charge in [-0.1, -0.05) is 25.5 Å². The first-order valence-corrected chi connectivity index (χ1v) is 7.83. The predicted octanol–water partition coefficient (Wildman–Crippen LogP) is 2.65. The molecule has 0 radical (unpaired) electrons. The van der Waals surface area contributed by atoms with Crippen LogP contribution in [0.3, 0.4) is 0 Å². The summed E-state index contributed by atoms with van der Waals surface area (Å²) in [7, 11) is 0. The van der Waals surface area contributed by atoms with E-state index in [-0.39, 0.29) is 11.0 Å². The molecule has 1 rings (SSSR count). The van der Waals surface area contributed by atoms with E-state index in [1.165, 1.54) is 6.42 Å². The van der Waals surface area contributed by atoms with Gasteiger partial charge in [0.05, 0.1) is 6.20 Å². The molecule has 1 aliphatic heterocycles. The van der Waals surface area contributed by atoms with Gasteiger partial charge in [-0.2, -0.15) is 0 Å². The van der Waals surface area contributed by atoms with E-state index >= 15 is 0 Å². The standard InChI is InChI=1S/C16H27N3O2/c1-2-3-4-5-6-7-8-9-15-18-11-13-19(15,12-10-17)14-16(20)21/h4-5,11,13H,2-3,6-10,12,14,17H2,1H3/p+1/b5-4+. The van der Waals surface area contributed by atoms with Gasteiger partial charge in [-0.05, 0) is 25.7 Å². The van der Waals surface area contributed by atoms with Gasteiger partial charge in [-0.25, -0.2) is 14.3 Å². The lowest BCUT2D eigenvalue weighted by molar-refractivity contribution is -0.778. The number of nitrogens with two attached hydrogens (primary N) is 1. The third kappa shape index (κ3) is 5.81. The van der Waals surface area contributed by atoms with E-state index in [0.29, 0.717) is 13.1 Å². The molecule has 1 heterocycles. The molecule has 5 nitrogen and oxygen atoms in total. The second kappa shape index (κ2) is 9.47. The summed E-state index contributed by atoms with van der Waals surface area (Å²) >= 11 is 0. The van der Waals surface area contributed by atoms with Crippen LogP contribution in [-0.2, 0) is 4.79 Å². The molecular weight excluding hydrogens is 266 g/mol. The van der Waals surface area contributed by atoms with E-state index in [1.807, 2.05) is 6.20 Å². The Morgan fingerprint density at radius 3 is 2.81 bits per heavy atom. The van der Waals surface area contributed by atoms with Crippen molar-refractivity contribution in [1.82, 2.24) is 0 Å². The number of aliphatic imine (C=N–C) groups is 1. The van der Waals surface area contributed by atoms with Gasteiger partial charge in [0.15, 0.2) is 6.54 Å². The summed E-state index contributed by atoms with van der Waals surface area (Å²) in [6.07, 6.45) is 14.4. The van der Waals surface area contributed by atoms with Crippen LogP contribution in [0.25, 0.3) is 0 Å². The summed E-state index contributed by atoms with van der Waals surface area (Å²) in [6.45, 7) is 3.25. The van der Waals surface area contributed by atoms with Crippen LogP contribution in [0.5, 0.6) is 0 Å². The lowest BCUT2D eigenvalue weighted by Crippen LogP contribution is -2.52. The number of nitrogens with zero attached hydrogens (tertiary/aromatic N) is 2. The van der Waals surface area contributed by atoms with Crippen LogP contribution in [-0.4, -0.2) is 41.0 Å². The first kappa shape index (κ1) is 17.6. The van der Waals surface area contributed by atoms with Crippen LogP contribution in [0.1, 0.15) is 45.4 Å². The Balaban J connectivity index is 2.44. The number of hydrogen-bond donors (Lipinski definition) is 2. The molecule has 1 atom stereocenters. The van der Waals surface area contributed by atoms with E-state index in [1.54, 1.807) is 6.20 Å². The normalized spacial score (nSPS) is 21.1. The zero-order valence-electron chi connectivity index (χ0n) is 13.0. The van der Waals surface area contributed by atoms with Crippen molar-refractivity contribution in [3.63, 3.8) is 0 Å².